The smallest absolute Gasteiger partial charge is 0.261 e. The third kappa shape index (κ3) is 5.29. The van der Waals surface area contributed by atoms with Crippen molar-refractivity contribution in [3.05, 3.63) is 82.3 Å². The molecule has 5 nitrogen and oxygen atoms in total. The van der Waals surface area contributed by atoms with E-state index in [4.69, 9.17) is 0 Å². The van der Waals surface area contributed by atoms with Crippen LogP contribution in [0, 0.1) is 5.82 Å². The van der Waals surface area contributed by atoms with Crippen LogP contribution in [-0.2, 0) is 0 Å². The largest absolute Gasteiger partial charge is 0.378 e. The van der Waals surface area contributed by atoms with Crippen LogP contribution < -0.4 is 15.1 Å². The summed E-state index contributed by atoms with van der Waals surface area (Å²) in [6, 6.07) is 19.1. The highest BCUT2D eigenvalue weighted by molar-refractivity contribution is 7.12. The van der Waals surface area contributed by atoms with Gasteiger partial charge in [-0.1, -0.05) is 18.2 Å². The van der Waals surface area contributed by atoms with Crippen molar-refractivity contribution < 1.29 is 9.18 Å². The summed E-state index contributed by atoms with van der Waals surface area (Å²) in [4.78, 5) is 20.1. The van der Waals surface area contributed by atoms with Gasteiger partial charge in [0, 0.05) is 58.2 Å². The number of thiophene rings is 1. The van der Waals surface area contributed by atoms with Crippen molar-refractivity contribution in [2.45, 2.75) is 6.04 Å². The Bertz CT molecular complexity index is 997. The van der Waals surface area contributed by atoms with Gasteiger partial charge in [-0.15, -0.1) is 11.3 Å². The number of benzene rings is 2. The lowest BCUT2D eigenvalue weighted by molar-refractivity contribution is 0.0934. The highest BCUT2D eigenvalue weighted by Crippen LogP contribution is 2.26. The van der Waals surface area contributed by atoms with Gasteiger partial charge in [-0.2, -0.15) is 0 Å². The fourth-order valence-electron chi connectivity index (χ4n) is 4.08. The number of nitrogens with one attached hydrogen (secondary N) is 1. The molecular weight excluding hydrogens is 423 g/mol. The van der Waals surface area contributed by atoms with E-state index in [-0.39, 0.29) is 17.8 Å². The van der Waals surface area contributed by atoms with E-state index in [0.717, 1.165) is 42.4 Å². The Balaban J connectivity index is 1.47. The summed E-state index contributed by atoms with van der Waals surface area (Å²) in [7, 11) is 4.06. The zero-order chi connectivity index (χ0) is 22.5. The Morgan fingerprint density at radius 2 is 1.72 bits per heavy atom. The van der Waals surface area contributed by atoms with Crippen molar-refractivity contribution in [1.29, 1.82) is 0 Å². The number of carbonyl (C=O) groups is 1. The molecule has 7 heteroatoms. The van der Waals surface area contributed by atoms with Crippen LogP contribution >= 0.6 is 11.3 Å². The fraction of sp³-hybridized carbons (Fsp3) is 0.320. The molecule has 2 heterocycles. The molecule has 168 valence electrons. The van der Waals surface area contributed by atoms with Crippen LogP contribution in [0.4, 0.5) is 15.8 Å². The number of hydrogen-bond donors (Lipinski definition) is 1. The molecule has 0 aliphatic carbocycles. The third-order valence-corrected chi connectivity index (χ3v) is 6.81. The number of piperazine rings is 1. The number of rotatable bonds is 7. The lowest BCUT2D eigenvalue weighted by atomic mass is 10.0. The van der Waals surface area contributed by atoms with E-state index in [1.54, 1.807) is 0 Å². The molecule has 1 atom stereocenters. The predicted octanol–water partition coefficient (Wildman–Crippen LogP) is 4.25. The van der Waals surface area contributed by atoms with Crippen molar-refractivity contribution in [2.75, 3.05) is 56.6 Å². The molecule has 0 unspecified atom stereocenters. The molecular formula is C25H29FN4OS. The Kier molecular flexibility index (Phi) is 7.07. The first-order valence-corrected chi connectivity index (χ1v) is 11.7. The summed E-state index contributed by atoms with van der Waals surface area (Å²) in [6.07, 6.45) is 0. The van der Waals surface area contributed by atoms with E-state index in [1.807, 2.05) is 43.7 Å². The molecule has 0 saturated carbocycles. The van der Waals surface area contributed by atoms with Crippen LogP contribution in [0.15, 0.2) is 66.0 Å². The normalized spacial score (nSPS) is 15.4. The maximum Gasteiger partial charge on any atom is 0.261 e. The van der Waals surface area contributed by atoms with Gasteiger partial charge < -0.3 is 15.1 Å². The van der Waals surface area contributed by atoms with Gasteiger partial charge in [0.2, 0.25) is 0 Å². The molecule has 1 aliphatic rings. The molecule has 1 N–H and O–H groups in total. The summed E-state index contributed by atoms with van der Waals surface area (Å²) in [5, 5.41) is 5.05. The molecule has 1 fully saturated rings. The first kappa shape index (κ1) is 22.3. The average molecular weight is 453 g/mol. The van der Waals surface area contributed by atoms with Gasteiger partial charge in [-0.05, 0) is 53.4 Å². The SMILES string of the molecule is CN(C)c1ccc([C@H](CNC(=O)c2cccs2)N2CCN(c3ccc(F)cc3)CC2)cc1. The molecule has 0 bridgehead atoms. The molecule has 3 aromatic rings. The van der Waals surface area contributed by atoms with Gasteiger partial charge in [0.15, 0.2) is 0 Å². The molecule has 4 rings (SSSR count). The van der Waals surface area contributed by atoms with Gasteiger partial charge in [0.05, 0.1) is 10.9 Å². The van der Waals surface area contributed by atoms with E-state index >= 15 is 0 Å². The number of halogens is 1. The Hall–Kier alpha value is -2.90. The minimum Gasteiger partial charge on any atom is -0.378 e. The topological polar surface area (TPSA) is 38.8 Å². The molecule has 32 heavy (non-hydrogen) atoms. The van der Waals surface area contributed by atoms with Crippen LogP contribution in [0.5, 0.6) is 0 Å². The first-order valence-electron chi connectivity index (χ1n) is 10.8. The summed E-state index contributed by atoms with van der Waals surface area (Å²) in [5.41, 5.74) is 3.39. The summed E-state index contributed by atoms with van der Waals surface area (Å²) in [5.74, 6) is -0.241. The summed E-state index contributed by atoms with van der Waals surface area (Å²) >= 11 is 1.45. The lowest BCUT2D eigenvalue weighted by Gasteiger charge is -2.40. The van der Waals surface area contributed by atoms with Crippen LogP contribution in [-0.4, -0.2) is 57.6 Å². The second kappa shape index (κ2) is 10.1. The zero-order valence-corrected chi connectivity index (χ0v) is 19.3. The van der Waals surface area contributed by atoms with E-state index in [9.17, 15) is 9.18 Å². The highest BCUT2D eigenvalue weighted by Gasteiger charge is 2.26. The van der Waals surface area contributed by atoms with Gasteiger partial charge in [0.1, 0.15) is 5.82 Å². The second-order valence-corrected chi connectivity index (χ2v) is 9.14. The first-order chi connectivity index (χ1) is 15.5. The molecule has 2 aromatic carbocycles. The number of hydrogen-bond acceptors (Lipinski definition) is 5. The minimum atomic E-state index is -0.213. The van der Waals surface area contributed by atoms with E-state index in [1.165, 1.54) is 29.0 Å². The average Bonchev–Trinajstić information content (AvgIpc) is 3.36. The molecule has 1 amide bonds. The minimum absolute atomic E-state index is 0.0279. The number of anilines is 2. The van der Waals surface area contributed by atoms with Crippen molar-refractivity contribution in [3.8, 4) is 0 Å². The van der Waals surface area contributed by atoms with Crippen molar-refractivity contribution >= 4 is 28.6 Å². The van der Waals surface area contributed by atoms with Crippen LogP contribution in [0.1, 0.15) is 21.3 Å². The fourth-order valence-corrected chi connectivity index (χ4v) is 4.72. The Labute approximate surface area is 193 Å². The van der Waals surface area contributed by atoms with Gasteiger partial charge in [-0.25, -0.2) is 4.39 Å². The molecule has 1 aliphatic heterocycles. The van der Waals surface area contributed by atoms with Crippen LogP contribution in [0.25, 0.3) is 0 Å². The quantitative estimate of drug-likeness (QED) is 0.582. The highest BCUT2D eigenvalue weighted by atomic mass is 32.1. The number of nitrogens with zero attached hydrogens (tertiary/aromatic N) is 3. The zero-order valence-electron chi connectivity index (χ0n) is 18.5. The maximum absolute atomic E-state index is 13.3. The number of amides is 1. The van der Waals surface area contributed by atoms with Crippen LogP contribution in [0.2, 0.25) is 0 Å². The predicted molar refractivity (Wildman–Crippen MR) is 130 cm³/mol. The van der Waals surface area contributed by atoms with Gasteiger partial charge in [-0.3, -0.25) is 9.69 Å². The van der Waals surface area contributed by atoms with Gasteiger partial charge in [0.25, 0.3) is 5.91 Å². The standard InChI is InChI=1S/C25H29FN4OS/c1-28(2)21-9-5-19(6-10-21)23(18-27-25(31)24-4-3-17-32-24)30-15-13-29(14-16-30)22-11-7-20(26)8-12-22/h3-12,17,23H,13-16,18H2,1-2H3,(H,27,31)/t23-/m0/s1. The van der Waals surface area contributed by atoms with Crippen molar-refractivity contribution in [3.63, 3.8) is 0 Å². The molecule has 0 spiro atoms. The lowest BCUT2D eigenvalue weighted by Crippen LogP contribution is -2.49. The van der Waals surface area contributed by atoms with E-state index in [0.29, 0.717) is 6.54 Å². The Morgan fingerprint density at radius 3 is 2.31 bits per heavy atom. The van der Waals surface area contributed by atoms with Crippen molar-refractivity contribution in [2.24, 2.45) is 0 Å². The molecule has 0 radical (unpaired) electrons. The second-order valence-electron chi connectivity index (χ2n) is 8.19. The summed E-state index contributed by atoms with van der Waals surface area (Å²) in [6.45, 7) is 4.00. The summed E-state index contributed by atoms with van der Waals surface area (Å²) < 4.78 is 13.3. The van der Waals surface area contributed by atoms with E-state index < -0.39 is 0 Å². The third-order valence-electron chi connectivity index (χ3n) is 5.94. The molecule has 1 aromatic heterocycles. The van der Waals surface area contributed by atoms with Gasteiger partial charge >= 0.3 is 0 Å². The van der Waals surface area contributed by atoms with E-state index in [2.05, 4.69) is 44.3 Å². The van der Waals surface area contributed by atoms with Crippen LogP contribution in [0.3, 0.4) is 0 Å². The molecule has 1 saturated heterocycles. The number of carbonyl (C=O) groups excluding carboxylic acids is 1. The monoisotopic (exact) mass is 452 g/mol. The Morgan fingerprint density at radius 1 is 1.03 bits per heavy atom. The maximum atomic E-state index is 13.3. The van der Waals surface area contributed by atoms with Crippen molar-refractivity contribution in [1.82, 2.24) is 10.2 Å².